The third-order valence-electron chi connectivity index (χ3n) is 10.5. The summed E-state index contributed by atoms with van der Waals surface area (Å²) in [7, 11) is 0. The Hall–Kier alpha value is -5.86. The summed E-state index contributed by atoms with van der Waals surface area (Å²) in [5.41, 5.74) is 13.8. The van der Waals surface area contributed by atoms with Gasteiger partial charge in [-0.15, -0.1) is 0 Å². The number of fused-ring (bicyclic) bond motifs is 10. The molecule has 2 heteroatoms. The fourth-order valence-electron chi connectivity index (χ4n) is 8.38. The van der Waals surface area contributed by atoms with Crippen LogP contribution in [0, 0.1) is 0 Å². The van der Waals surface area contributed by atoms with Gasteiger partial charge in [-0.3, -0.25) is 0 Å². The Morgan fingerprint density at radius 2 is 1.13 bits per heavy atom. The summed E-state index contributed by atoms with van der Waals surface area (Å²) < 4.78 is 4.97. The molecule has 2 aromatic heterocycles. The molecular weight excluding hydrogens is 569 g/mol. The van der Waals surface area contributed by atoms with Crippen LogP contribution in [-0.2, 0) is 5.41 Å². The Morgan fingerprint density at radius 3 is 1.96 bits per heavy atom. The predicted octanol–water partition coefficient (Wildman–Crippen LogP) is 11.9. The monoisotopic (exact) mass is 600 g/mol. The maximum Gasteiger partial charge on any atom is 0.0616 e. The summed E-state index contributed by atoms with van der Waals surface area (Å²) in [6, 6.07) is 57.9. The predicted molar refractivity (Wildman–Crippen MR) is 198 cm³/mol. The van der Waals surface area contributed by atoms with Crippen LogP contribution in [0.5, 0.6) is 0 Å². The van der Waals surface area contributed by atoms with E-state index in [-0.39, 0.29) is 5.41 Å². The van der Waals surface area contributed by atoms with Crippen molar-refractivity contribution >= 4 is 43.5 Å². The third-order valence-corrected chi connectivity index (χ3v) is 10.5. The molecule has 1 aliphatic rings. The molecule has 0 aliphatic heterocycles. The van der Waals surface area contributed by atoms with Gasteiger partial charge < -0.3 is 9.13 Å². The molecule has 1 aliphatic carbocycles. The van der Waals surface area contributed by atoms with Gasteiger partial charge in [-0.05, 0) is 70.1 Å². The van der Waals surface area contributed by atoms with Crippen molar-refractivity contribution in [3.63, 3.8) is 0 Å². The van der Waals surface area contributed by atoms with E-state index in [1.54, 1.807) is 0 Å². The minimum absolute atomic E-state index is 0.115. The summed E-state index contributed by atoms with van der Waals surface area (Å²) in [6.45, 7) is 4.77. The summed E-state index contributed by atoms with van der Waals surface area (Å²) in [5, 5.41) is 6.38. The third kappa shape index (κ3) is 3.61. The van der Waals surface area contributed by atoms with E-state index in [2.05, 4.69) is 181 Å². The maximum atomic E-state index is 2.56. The van der Waals surface area contributed by atoms with Crippen LogP contribution in [0.15, 0.2) is 158 Å². The highest BCUT2D eigenvalue weighted by Crippen LogP contribution is 2.54. The lowest BCUT2D eigenvalue weighted by atomic mass is 9.81. The van der Waals surface area contributed by atoms with Gasteiger partial charge in [-0.2, -0.15) is 0 Å². The van der Waals surface area contributed by atoms with Gasteiger partial charge >= 0.3 is 0 Å². The fraction of sp³-hybridized carbons (Fsp3) is 0.0667. The molecule has 9 aromatic rings. The van der Waals surface area contributed by atoms with Crippen molar-refractivity contribution < 1.29 is 0 Å². The molecule has 0 fully saturated rings. The van der Waals surface area contributed by atoms with Gasteiger partial charge in [0.25, 0.3) is 0 Å². The average molecular weight is 601 g/mol. The molecule has 222 valence electrons. The zero-order chi connectivity index (χ0) is 31.3. The normalized spacial score (nSPS) is 13.5. The second-order valence-electron chi connectivity index (χ2n) is 13.4. The van der Waals surface area contributed by atoms with E-state index < -0.39 is 0 Å². The van der Waals surface area contributed by atoms with Crippen molar-refractivity contribution in [1.29, 1.82) is 0 Å². The standard InChI is InChI=1S/C45H32N2/c1-45(2)39-20-12-11-19-35(39)44-42(45)36-24-21-30-15-9-10-18-34(30)43(36)47(44)33-23-26-41-38(28-33)37-27-31(29-13-5-3-6-14-29)22-25-40(37)46(41)32-16-7-4-8-17-32/h3-28H,1-2H3. The van der Waals surface area contributed by atoms with Crippen LogP contribution in [0.2, 0.25) is 0 Å². The lowest BCUT2D eigenvalue weighted by Crippen LogP contribution is -2.14. The molecule has 0 atom stereocenters. The SMILES string of the molecule is CC1(C)c2ccccc2-c2c1c1ccc3ccccc3c1n2-c1ccc2c(c1)c1cc(-c3ccccc3)ccc1n2-c1ccccc1. The summed E-state index contributed by atoms with van der Waals surface area (Å²) in [6.07, 6.45) is 0. The van der Waals surface area contributed by atoms with Crippen molar-refractivity contribution in [3.05, 3.63) is 169 Å². The summed E-state index contributed by atoms with van der Waals surface area (Å²) >= 11 is 0. The minimum Gasteiger partial charge on any atom is -0.309 e. The largest absolute Gasteiger partial charge is 0.309 e. The quantitative estimate of drug-likeness (QED) is 0.191. The van der Waals surface area contributed by atoms with E-state index in [1.807, 2.05) is 0 Å². The van der Waals surface area contributed by atoms with E-state index in [0.29, 0.717) is 0 Å². The molecule has 2 heterocycles. The number of para-hydroxylation sites is 1. The van der Waals surface area contributed by atoms with Gasteiger partial charge in [0.1, 0.15) is 0 Å². The molecule has 0 N–H and O–H groups in total. The molecule has 0 unspecified atom stereocenters. The molecule has 2 nitrogen and oxygen atoms in total. The van der Waals surface area contributed by atoms with Gasteiger partial charge in [0, 0.05) is 43.9 Å². The van der Waals surface area contributed by atoms with Crippen molar-refractivity contribution in [2.75, 3.05) is 0 Å². The lowest BCUT2D eigenvalue weighted by molar-refractivity contribution is 0.666. The highest BCUT2D eigenvalue weighted by Gasteiger charge is 2.40. The smallest absolute Gasteiger partial charge is 0.0616 e. The van der Waals surface area contributed by atoms with Crippen LogP contribution >= 0.6 is 0 Å². The summed E-state index contributed by atoms with van der Waals surface area (Å²) in [5.74, 6) is 0. The molecule has 47 heavy (non-hydrogen) atoms. The highest BCUT2D eigenvalue weighted by molar-refractivity contribution is 6.14. The Morgan fingerprint density at radius 1 is 0.447 bits per heavy atom. The first kappa shape index (κ1) is 26.4. The molecule has 0 spiro atoms. The van der Waals surface area contributed by atoms with Crippen LogP contribution in [-0.4, -0.2) is 9.13 Å². The Kier molecular flexibility index (Phi) is 5.37. The molecule has 0 bridgehead atoms. The molecular formula is C45H32N2. The Balaban J connectivity index is 1.34. The first-order chi connectivity index (χ1) is 23.1. The van der Waals surface area contributed by atoms with Crippen molar-refractivity contribution in [2.24, 2.45) is 0 Å². The zero-order valence-electron chi connectivity index (χ0n) is 26.4. The first-order valence-electron chi connectivity index (χ1n) is 16.5. The Labute approximate surface area is 273 Å². The number of rotatable bonds is 3. The van der Waals surface area contributed by atoms with Crippen LogP contribution in [0.4, 0.5) is 0 Å². The topological polar surface area (TPSA) is 9.86 Å². The van der Waals surface area contributed by atoms with Crippen LogP contribution in [0.3, 0.4) is 0 Å². The van der Waals surface area contributed by atoms with Gasteiger partial charge in [0.05, 0.1) is 22.2 Å². The van der Waals surface area contributed by atoms with E-state index in [0.717, 1.165) is 0 Å². The number of benzene rings is 7. The Bertz CT molecular complexity index is 2690. The summed E-state index contributed by atoms with van der Waals surface area (Å²) in [4.78, 5) is 0. The van der Waals surface area contributed by atoms with Gasteiger partial charge in [0.15, 0.2) is 0 Å². The molecule has 0 saturated heterocycles. The first-order valence-corrected chi connectivity index (χ1v) is 16.5. The molecule has 0 radical (unpaired) electrons. The number of aromatic nitrogens is 2. The second kappa shape index (κ2) is 9.57. The minimum atomic E-state index is -0.115. The second-order valence-corrected chi connectivity index (χ2v) is 13.4. The van der Waals surface area contributed by atoms with E-state index >= 15 is 0 Å². The molecule has 0 saturated carbocycles. The van der Waals surface area contributed by atoms with Crippen LogP contribution < -0.4 is 0 Å². The van der Waals surface area contributed by atoms with E-state index in [4.69, 9.17) is 0 Å². The number of hydrogen-bond donors (Lipinski definition) is 0. The molecule has 7 aromatic carbocycles. The fourth-order valence-corrected chi connectivity index (χ4v) is 8.38. The number of nitrogens with zero attached hydrogens (tertiary/aromatic N) is 2. The van der Waals surface area contributed by atoms with Crippen molar-refractivity contribution in [3.8, 4) is 33.8 Å². The van der Waals surface area contributed by atoms with E-state index in [1.165, 1.54) is 88.4 Å². The van der Waals surface area contributed by atoms with Crippen LogP contribution in [0.1, 0.15) is 25.0 Å². The van der Waals surface area contributed by atoms with Crippen LogP contribution in [0.25, 0.3) is 77.2 Å². The van der Waals surface area contributed by atoms with Gasteiger partial charge in [-0.25, -0.2) is 0 Å². The average Bonchev–Trinajstić information content (AvgIpc) is 3.73. The van der Waals surface area contributed by atoms with Crippen molar-refractivity contribution in [1.82, 2.24) is 9.13 Å². The van der Waals surface area contributed by atoms with E-state index in [9.17, 15) is 0 Å². The highest BCUT2D eigenvalue weighted by atomic mass is 15.0. The zero-order valence-corrected chi connectivity index (χ0v) is 26.4. The lowest BCUT2D eigenvalue weighted by Gasteiger charge is -2.21. The molecule has 0 amide bonds. The van der Waals surface area contributed by atoms with Gasteiger partial charge in [-0.1, -0.05) is 129 Å². The number of hydrogen-bond acceptors (Lipinski definition) is 0. The maximum absolute atomic E-state index is 2.56. The molecule has 10 rings (SSSR count). The van der Waals surface area contributed by atoms with Gasteiger partial charge in [0.2, 0.25) is 0 Å². The van der Waals surface area contributed by atoms with Crippen molar-refractivity contribution in [2.45, 2.75) is 19.3 Å².